The maximum Gasteiger partial charge on any atom is 0.410 e. The Morgan fingerprint density at radius 3 is 2.45 bits per heavy atom. The number of hydrogen-bond donors (Lipinski definition) is 0. The van der Waals surface area contributed by atoms with Crippen LogP contribution in [0.15, 0.2) is 18.1 Å². The highest BCUT2D eigenvalue weighted by Gasteiger charge is 2.31. The quantitative estimate of drug-likeness (QED) is 0.0560. The maximum atomic E-state index is 12.6. The molecule has 0 saturated carbocycles. The summed E-state index contributed by atoms with van der Waals surface area (Å²) in [7, 11) is 0. The van der Waals surface area contributed by atoms with E-state index in [1.54, 1.807) is 9.80 Å². The van der Waals surface area contributed by atoms with Crippen LogP contribution in [0, 0.1) is 5.92 Å². The third kappa shape index (κ3) is 15.2. The number of rotatable bonds is 22. The van der Waals surface area contributed by atoms with Crippen molar-refractivity contribution in [1.29, 1.82) is 0 Å². The van der Waals surface area contributed by atoms with Crippen LogP contribution in [0.2, 0.25) is 0 Å². The van der Waals surface area contributed by atoms with Crippen LogP contribution in [0.5, 0.6) is 0 Å². The zero-order chi connectivity index (χ0) is 28.0. The van der Waals surface area contributed by atoms with Gasteiger partial charge in [0.25, 0.3) is 0 Å². The number of carbonyl (C=O) groups excluding carboxylic acids is 3. The van der Waals surface area contributed by atoms with Crippen molar-refractivity contribution in [3.8, 4) is 0 Å². The van der Waals surface area contributed by atoms with Crippen molar-refractivity contribution in [2.45, 2.75) is 104 Å². The number of amides is 1. The number of nitrogens with zero attached hydrogens (tertiary/aromatic N) is 2. The van der Waals surface area contributed by atoms with Gasteiger partial charge < -0.3 is 23.9 Å². The lowest BCUT2D eigenvalue weighted by molar-refractivity contribution is -0.146. The van der Waals surface area contributed by atoms with Gasteiger partial charge in [-0.25, -0.2) is 4.79 Å². The summed E-state index contributed by atoms with van der Waals surface area (Å²) in [5.41, 5.74) is 2.78. The average molecular weight is 537 g/mol. The second-order valence-electron chi connectivity index (χ2n) is 10.4. The molecule has 218 valence electrons. The molecule has 1 aliphatic rings. The summed E-state index contributed by atoms with van der Waals surface area (Å²) in [5, 5.41) is 0. The topological polar surface area (TPSA) is 85.4 Å². The standard InChI is InChI=1S/C30H52N2O6/c1-5-8-10-11-12-14-21-36-28(7-3)22-31(19-20-33)23-29(34)37-25-27-17-15-18-32(27)30(35)38-24-26(4)16-13-9-6-2/h20,26-27H,3,5-6,8-19,21-25H2,1-2,4H3. The molecule has 38 heavy (non-hydrogen) atoms. The van der Waals surface area contributed by atoms with E-state index in [9.17, 15) is 14.4 Å². The van der Waals surface area contributed by atoms with E-state index in [1.165, 1.54) is 38.5 Å². The second-order valence-corrected chi connectivity index (χ2v) is 10.4. The molecule has 0 radical (unpaired) electrons. The Labute approximate surface area is 230 Å². The Kier molecular flexibility index (Phi) is 19.2. The summed E-state index contributed by atoms with van der Waals surface area (Å²) < 4.78 is 16.8. The molecule has 0 aromatic rings. The zero-order valence-corrected chi connectivity index (χ0v) is 24.2. The summed E-state index contributed by atoms with van der Waals surface area (Å²) in [5.74, 6) is 0.398. The fourth-order valence-corrected chi connectivity index (χ4v) is 4.51. The molecule has 1 fully saturated rings. The van der Waals surface area contributed by atoms with Gasteiger partial charge in [-0.15, -0.1) is 0 Å². The van der Waals surface area contributed by atoms with Crippen molar-refractivity contribution in [3.05, 3.63) is 18.1 Å². The molecule has 2 unspecified atom stereocenters. The molecule has 0 bridgehead atoms. The van der Waals surface area contributed by atoms with Crippen LogP contribution < -0.4 is 0 Å². The summed E-state index contributed by atoms with van der Waals surface area (Å²) in [6, 6.07) is -0.189. The van der Waals surface area contributed by atoms with Crippen molar-refractivity contribution in [2.24, 2.45) is 5.92 Å². The van der Waals surface area contributed by atoms with Crippen LogP contribution in [0.4, 0.5) is 4.79 Å². The monoisotopic (exact) mass is 536 g/mol. The van der Waals surface area contributed by atoms with E-state index in [1.807, 2.05) is 0 Å². The first-order valence-corrected chi connectivity index (χ1v) is 14.7. The molecule has 0 aromatic heterocycles. The first kappa shape index (κ1) is 33.7. The molecule has 0 N–H and O–H groups in total. The van der Waals surface area contributed by atoms with E-state index in [2.05, 4.69) is 33.1 Å². The van der Waals surface area contributed by atoms with E-state index in [0.29, 0.717) is 31.4 Å². The summed E-state index contributed by atoms with van der Waals surface area (Å²) in [6.45, 7) is 12.1. The Morgan fingerprint density at radius 1 is 1.03 bits per heavy atom. The van der Waals surface area contributed by atoms with Gasteiger partial charge in [-0.1, -0.05) is 84.4 Å². The van der Waals surface area contributed by atoms with Gasteiger partial charge in [0, 0.05) is 6.54 Å². The van der Waals surface area contributed by atoms with Crippen LogP contribution in [0.1, 0.15) is 97.8 Å². The van der Waals surface area contributed by atoms with Gasteiger partial charge in [0.1, 0.15) is 12.9 Å². The minimum absolute atomic E-state index is 0.0588. The van der Waals surface area contributed by atoms with E-state index >= 15 is 0 Å². The molecule has 0 aromatic carbocycles. The smallest absolute Gasteiger partial charge is 0.410 e. The molecule has 1 rings (SSSR count). The Hall–Kier alpha value is -2.31. The molecule has 0 aliphatic carbocycles. The van der Waals surface area contributed by atoms with Crippen LogP contribution in [0.3, 0.4) is 0 Å². The fraction of sp³-hybridized carbons (Fsp3) is 0.800. The largest absolute Gasteiger partial charge is 0.489 e. The van der Waals surface area contributed by atoms with Gasteiger partial charge in [-0.3, -0.25) is 9.69 Å². The van der Waals surface area contributed by atoms with E-state index < -0.39 is 5.97 Å². The predicted molar refractivity (Wildman–Crippen MR) is 150 cm³/mol. The maximum absolute atomic E-state index is 12.6. The van der Waals surface area contributed by atoms with Gasteiger partial charge >= 0.3 is 12.1 Å². The number of unbranched alkanes of at least 4 members (excludes halogenated alkanes) is 7. The molecule has 0 spiro atoms. The zero-order valence-electron chi connectivity index (χ0n) is 24.2. The third-order valence-electron chi connectivity index (χ3n) is 6.86. The van der Waals surface area contributed by atoms with Gasteiger partial charge in [0.15, 0.2) is 5.76 Å². The van der Waals surface area contributed by atoms with Crippen molar-refractivity contribution >= 4 is 18.3 Å². The van der Waals surface area contributed by atoms with Crippen LogP contribution >= 0.6 is 0 Å². The molecule has 1 heterocycles. The average Bonchev–Trinajstić information content (AvgIpc) is 3.38. The van der Waals surface area contributed by atoms with Crippen LogP contribution in [-0.2, 0) is 23.8 Å². The molecule has 1 aliphatic heterocycles. The van der Waals surface area contributed by atoms with Gasteiger partial charge in [-0.2, -0.15) is 0 Å². The molecule has 1 amide bonds. The van der Waals surface area contributed by atoms with Crippen molar-refractivity contribution in [1.82, 2.24) is 9.80 Å². The minimum atomic E-state index is -0.448. The van der Waals surface area contributed by atoms with Crippen molar-refractivity contribution in [3.63, 3.8) is 0 Å². The number of carbonyl (C=O) groups is 3. The number of aldehydes is 1. The van der Waals surface area contributed by atoms with Crippen molar-refractivity contribution in [2.75, 3.05) is 46.0 Å². The second kappa shape index (κ2) is 21.6. The third-order valence-corrected chi connectivity index (χ3v) is 6.86. The van der Waals surface area contributed by atoms with Crippen molar-refractivity contribution < 1.29 is 28.6 Å². The first-order chi connectivity index (χ1) is 18.4. The van der Waals surface area contributed by atoms with Crippen LogP contribution in [0.25, 0.3) is 0 Å². The molecular formula is C30H52N2O6. The molecular weight excluding hydrogens is 484 g/mol. The number of esters is 1. The Balaban J connectivity index is 2.41. The van der Waals surface area contributed by atoms with E-state index in [-0.39, 0.29) is 38.4 Å². The van der Waals surface area contributed by atoms with Crippen LogP contribution in [-0.4, -0.2) is 80.2 Å². The number of hydrogen-bond acceptors (Lipinski definition) is 7. The van der Waals surface area contributed by atoms with Gasteiger partial charge in [0.2, 0.25) is 0 Å². The highest BCUT2D eigenvalue weighted by molar-refractivity contribution is 5.72. The summed E-state index contributed by atoms with van der Waals surface area (Å²) >= 11 is 0. The lowest BCUT2D eigenvalue weighted by Crippen LogP contribution is -2.41. The molecule has 1 saturated heterocycles. The lowest BCUT2D eigenvalue weighted by atomic mass is 10.0. The normalized spacial score (nSPS) is 15.7. The highest BCUT2D eigenvalue weighted by atomic mass is 16.6. The SMILES string of the molecule is C=C=C(CN(CC=O)CC(=O)OCC1CCCN1C(=O)OCC(C)CCCCC)OCCCCCCCC. The molecule has 2 atom stereocenters. The Morgan fingerprint density at radius 2 is 1.74 bits per heavy atom. The van der Waals surface area contributed by atoms with E-state index in [0.717, 1.165) is 44.8 Å². The number of ether oxygens (including phenoxy) is 3. The lowest BCUT2D eigenvalue weighted by Gasteiger charge is -2.25. The minimum Gasteiger partial charge on any atom is -0.489 e. The molecule has 8 nitrogen and oxygen atoms in total. The molecule has 8 heteroatoms. The summed E-state index contributed by atoms with van der Waals surface area (Å²) in [6.07, 6.45) is 13.6. The highest BCUT2D eigenvalue weighted by Crippen LogP contribution is 2.20. The van der Waals surface area contributed by atoms with E-state index in [4.69, 9.17) is 14.2 Å². The Bertz CT molecular complexity index is 722. The summed E-state index contributed by atoms with van der Waals surface area (Å²) in [4.78, 5) is 39.7. The predicted octanol–water partition coefficient (Wildman–Crippen LogP) is 5.89. The van der Waals surface area contributed by atoms with Gasteiger partial charge in [0.05, 0.1) is 38.9 Å². The fourth-order valence-electron chi connectivity index (χ4n) is 4.51. The van der Waals surface area contributed by atoms with Gasteiger partial charge in [-0.05, 0) is 31.6 Å². The first-order valence-electron chi connectivity index (χ1n) is 14.7. The number of likely N-dealkylation sites (tertiary alicyclic amines) is 1.